The quantitative estimate of drug-likeness (QED) is 0.763. The lowest BCUT2D eigenvalue weighted by Crippen LogP contribution is -2.29. The molecule has 2 atom stereocenters. The van der Waals surface area contributed by atoms with Gasteiger partial charge in [0.15, 0.2) is 0 Å². The molecule has 1 saturated heterocycles. The van der Waals surface area contributed by atoms with Crippen LogP contribution in [-0.4, -0.2) is 29.0 Å². The molecule has 0 amide bonds. The highest BCUT2D eigenvalue weighted by Crippen LogP contribution is 2.21. The van der Waals surface area contributed by atoms with Crippen molar-refractivity contribution in [2.24, 2.45) is 5.73 Å². The summed E-state index contributed by atoms with van der Waals surface area (Å²) in [7, 11) is 0. The van der Waals surface area contributed by atoms with Crippen molar-refractivity contribution in [1.29, 1.82) is 0 Å². The molecule has 2 heterocycles. The lowest BCUT2D eigenvalue weighted by molar-refractivity contribution is 0.255. The highest BCUT2D eigenvalue weighted by molar-refractivity contribution is 5.08. The molecule has 3 nitrogen and oxygen atoms in total. The van der Waals surface area contributed by atoms with Crippen molar-refractivity contribution in [2.45, 2.75) is 25.4 Å². The van der Waals surface area contributed by atoms with Crippen molar-refractivity contribution >= 4 is 0 Å². The van der Waals surface area contributed by atoms with Crippen molar-refractivity contribution in [2.75, 3.05) is 13.1 Å². The van der Waals surface area contributed by atoms with Crippen LogP contribution in [0.5, 0.6) is 0 Å². The Balaban J connectivity index is 2.05. The van der Waals surface area contributed by atoms with E-state index in [1.54, 1.807) is 0 Å². The topological polar surface area (TPSA) is 42.2 Å². The number of nitrogens with zero attached hydrogens (tertiary/aromatic N) is 2. The van der Waals surface area contributed by atoms with Crippen LogP contribution >= 0.6 is 0 Å². The molecule has 76 valence electrons. The van der Waals surface area contributed by atoms with Gasteiger partial charge in [0, 0.05) is 31.4 Å². The molecule has 3 heteroatoms. The minimum absolute atomic E-state index is 0.348. The second-order valence-corrected chi connectivity index (χ2v) is 3.97. The van der Waals surface area contributed by atoms with Crippen LogP contribution in [0.15, 0.2) is 24.4 Å². The predicted octanol–water partition coefficient (Wildman–Crippen LogP) is 1.18. The Morgan fingerprint density at radius 2 is 2.43 bits per heavy atom. The van der Waals surface area contributed by atoms with Crippen molar-refractivity contribution in [3.63, 3.8) is 0 Å². The second-order valence-electron chi connectivity index (χ2n) is 3.97. The van der Waals surface area contributed by atoms with E-state index in [1.807, 2.05) is 18.3 Å². The van der Waals surface area contributed by atoms with Crippen LogP contribution in [-0.2, 0) is 0 Å². The molecular weight excluding hydrogens is 174 g/mol. The van der Waals surface area contributed by atoms with Crippen LogP contribution in [0, 0.1) is 0 Å². The molecule has 14 heavy (non-hydrogen) atoms. The molecule has 1 aliphatic rings. The van der Waals surface area contributed by atoms with E-state index in [2.05, 4.69) is 22.9 Å². The van der Waals surface area contributed by atoms with E-state index in [-0.39, 0.29) is 0 Å². The fraction of sp³-hybridized carbons (Fsp3) is 0.545. The fourth-order valence-electron chi connectivity index (χ4n) is 1.98. The minimum atomic E-state index is 0.348. The Morgan fingerprint density at radius 1 is 1.57 bits per heavy atom. The molecule has 0 unspecified atom stereocenters. The molecular formula is C11H17N3. The number of rotatable bonds is 2. The SMILES string of the molecule is C[C@H](c1ccccn1)N1CC[C@H](N)C1. The van der Waals surface area contributed by atoms with Gasteiger partial charge in [0.05, 0.1) is 5.69 Å². The van der Waals surface area contributed by atoms with Gasteiger partial charge < -0.3 is 5.73 Å². The first kappa shape index (κ1) is 9.62. The van der Waals surface area contributed by atoms with Gasteiger partial charge in [-0.1, -0.05) is 6.07 Å². The normalized spacial score (nSPS) is 25.1. The van der Waals surface area contributed by atoms with Gasteiger partial charge in [-0.3, -0.25) is 9.88 Å². The molecule has 1 aromatic heterocycles. The summed E-state index contributed by atoms with van der Waals surface area (Å²) in [5.41, 5.74) is 7.02. The Bertz CT molecular complexity index is 286. The summed E-state index contributed by atoms with van der Waals surface area (Å²) >= 11 is 0. The Kier molecular flexibility index (Phi) is 2.79. The molecule has 0 saturated carbocycles. The van der Waals surface area contributed by atoms with Crippen LogP contribution in [0.4, 0.5) is 0 Å². The fourth-order valence-corrected chi connectivity index (χ4v) is 1.98. The largest absolute Gasteiger partial charge is 0.326 e. The molecule has 2 N–H and O–H groups in total. The van der Waals surface area contributed by atoms with E-state index in [9.17, 15) is 0 Å². The van der Waals surface area contributed by atoms with Crippen LogP contribution < -0.4 is 5.73 Å². The van der Waals surface area contributed by atoms with Gasteiger partial charge in [0.25, 0.3) is 0 Å². The summed E-state index contributed by atoms with van der Waals surface area (Å²) in [4.78, 5) is 6.76. The zero-order chi connectivity index (χ0) is 9.97. The molecule has 0 spiro atoms. The van der Waals surface area contributed by atoms with Gasteiger partial charge in [0.2, 0.25) is 0 Å². The third-order valence-corrected chi connectivity index (χ3v) is 2.92. The smallest absolute Gasteiger partial charge is 0.0572 e. The number of hydrogen-bond acceptors (Lipinski definition) is 3. The highest BCUT2D eigenvalue weighted by atomic mass is 15.2. The zero-order valence-electron chi connectivity index (χ0n) is 8.56. The molecule has 1 fully saturated rings. The predicted molar refractivity (Wildman–Crippen MR) is 56.8 cm³/mol. The molecule has 1 aromatic rings. The van der Waals surface area contributed by atoms with E-state index in [1.165, 1.54) is 0 Å². The van der Waals surface area contributed by atoms with Crippen molar-refractivity contribution in [3.05, 3.63) is 30.1 Å². The summed E-state index contributed by atoms with van der Waals surface area (Å²) in [5.74, 6) is 0. The minimum Gasteiger partial charge on any atom is -0.326 e. The van der Waals surface area contributed by atoms with Crippen LogP contribution in [0.3, 0.4) is 0 Å². The summed E-state index contributed by atoms with van der Waals surface area (Å²) in [5, 5.41) is 0. The van der Waals surface area contributed by atoms with Gasteiger partial charge >= 0.3 is 0 Å². The number of likely N-dealkylation sites (tertiary alicyclic amines) is 1. The van der Waals surface area contributed by atoms with Crippen molar-refractivity contribution in [1.82, 2.24) is 9.88 Å². The third-order valence-electron chi connectivity index (χ3n) is 2.92. The molecule has 0 bridgehead atoms. The molecule has 0 aliphatic carbocycles. The standard InChI is InChI=1S/C11H17N3/c1-9(11-4-2-3-6-13-11)14-7-5-10(12)8-14/h2-4,6,9-10H,5,7-8,12H2,1H3/t9-,10+/m1/s1. The number of pyridine rings is 1. The second kappa shape index (κ2) is 4.07. The first-order valence-corrected chi connectivity index (χ1v) is 5.18. The number of nitrogens with two attached hydrogens (primary N) is 1. The monoisotopic (exact) mass is 191 g/mol. The van der Waals surface area contributed by atoms with Crippen LogP contribution in [0.25, 0.3) is 0 Å². The average Bonchev–Trinajstić information content (AvgIpc) is 2.65. The van der Waals surface area contributed by atoms with Crippen LogP contribution in [0.1, 0.15) is 25.1 Å². The van der Waals surface area contributed by atoms with Crippen LogP contribution in [0.2, 0.25) is 0 Å². The third kappa shape index (κ3) is 1.94. The molecule has 1 aliphatic heterocycles. The number of hydrogen-bond donors (Lipinski definition) is 1. The highest BCUT2D eigenvalue weighted by Gasteiger charge is 2.24. The average molecular weight is 191 g/mol. The number of aromatic nitrogens is 1. The summed E-state index contributed by atoms with van der Waals surface area (Å²) in [6.07, 6.45) is 2.96. The Hall–Kier alpha value is -0.930. The molecule has 0 radical (unpaired) electrons. The van der Waals surface area contributed by atoms with E-state index in [0.29, 0.717) is 12.1 Å². The van der Waals surface area contributed by atoms with Gasteiger partial charge in [-0.2, -0.15) is 0 Å². The van der Waals surface area contributed by atoms with Gasteiger partial charge in [0.1, 0.15) is 0 Å². The van der Waals surface area contributed by atoms with Gasteiger partial charge in [-0.25, -0.2) is 0 Å². The molecule has 0 aromatic carbocycles. The molecule has 2 rings (SSSR count). The zero-order valence-corrected chi connectivity index (χ0v) is 8.56. The lowest BCUT2D eigenvalue weighted by atomic mass is 10.2. The lowest BCUT2D eigenvalue weighted by Gasteiger charge is -2.23. The van der Waals surface area contributed by atoms with Crippen molar-refractivity contribution in [3.8, 4) is 0 Å². The summed E-state index contributed by atoms with van der Waals surface area (Å²) in [6.45, 7) is 4.29. The maximum absolute atomic E-state index is 5.88. The van der Waals surface area contributed by atoms with E-state index < -0.39 is 0 Å². The maximum atomic E-state index is 5.88. The van der Waals surface area contributed by atoms with Gasteiger partial charge in [-0.15, -0.1) is 0 Å². The van der Waals surface area contributed by atoms with Crippen molar-refractivity contribution < 1.29 is 0 Å². The van der Waals surface area contributed by atoms with Gasteiger partial charge in [-0.05, 0) is 25.5 Å². The summed E-state index contributed by atoms with van der Waals surface area (Å²) in [6, 6.07) is 6.81. The first-order chi connectivity index (χ1) is 6.77. The van der Waals surface area contributed by atoms with E-state index >= 15 is 0 Å². The first-order valence-electron chi connectivity index (χ1n) is 5.18. The maximum Gasteiger partial charge on any atom is 0.0572 e. The Morgan fingerprint density at radius 3 is 3.00 bits per heavy atom. The van der Waals surface area contributed by atoms with E-state index in [0.717, 1.165) is 25.2 Å². The van der Waals surface area contributed by atoms with E-state index in [4.69, 9.17) is 5.73 Å². The summed E-state index contributed by atoms with van der Waals surface area (Å²) < 4.78 is 0. The Labute approximate surface area is 84.9 Å².